The Balaban J connectivity index is 0. The second-order valence-corrected chi connectivity index (χ2v) is 9.77. The van der Waals surface area contributed by atoms with E-state index in [2.05, 4.69) is 23.3 Å². The fourth-order valence-electron chi connectivity index (χ4n) is 3.61. The van der Waals surface area contributed by atoms with E-state index in [1.54, 1.807) is 0 Å². The third-order valence-corrected chi connectivity index (χ3v) is 6.20. The average molecular weight is 480 g/mol. The maximum absolute atomic E-state index is 12.0. The van der Waals surface area contributed by atoms with E-state index in [0.29, 0.717) is 6.42 Å². The minimum Gasteiger partial charge on any atom is -0.726 e. The second-order valence-electron chi connectivity index (χ2n) is 8.79. The molecule has 0 aliphatic rings. The van der Waals surface area contributed by atoms with Gasteiger partial charge in [0.05, 0.1) is 5.60 Å². The summed E-state index contributed by atoms with van der Waals surface area (Å²) in [5, 5.41) is 9.05. The summed E-state index contributed by atoms with van der Waals surface area (Å²) in [6.07, 6.45) is 21.0. The minimum absolute atomic E-state index is 0. The highest BCUT2D eigenvalue weighted by molar-refractivity contribution is 7.80. The zero-order valence-electron chi connectivity index (χ0n) is 20.8. The fourth-order valence-corrected chi connectivity index (χ4v) is 4.27. The van der Waals surface area contributed by atoms with Crippen molar-refractivity contribution < 1.29 is 27.1 Å². The summed E-state index contributed by atoms with van der Waals surface area (Å²) in [5.41, 5.74) is -1.33. The van der Waals surface area contributed by atoms with Crippen LogP contribution >= 0.6 is 0 Å². The molecule has 8 heteroatoms. The molecule has 32 heavy (non-hydrogen) atoms. The molecule has 5 N–H and O–H groups in total. The maximum Gasteiger partial charge on any atom is 0.218 e. The van der Waals surface area contributed by atoms with Crippen molar-refractivity contribution in [2.75, 3.05) is 6.61 Å². The Hall–Kier alpha value is -0.800. The van der Waals surface area contributed by atoms with E-state index in [-0.39, 0.29) is 37.8 Å². The minimum atomic E-state index is -4.87. The molecule has 0 saturated heterocycles. The van der Waals surface area contributed by atoms with Crippen LogP contribution in [-0.4, -0.2) is 36.1 Å². The number of ketones is 1. The molecule has 1 atom stereocenters. The molecule has 0 aromatic rings. The van der Waals surface area contributed by atoms with E-state index in [1.165, 1.54) is 64.7 Å². The standard InChI is InChI=1S/C24H46O6S.H3N/c1-3-4-5-6-7-8-9-10-11-12-13-14-15-16-17-18-23(26)19-20-24(2,21-22-25)30-31(27,28)29;/h10-11,25H,3-9,12-22H2,1-2H3,(H,27,28,29);1H3/b11-10-;. The SMILES string of the molecule is CCCCCCCC/C=C\CCCCCCCC(=O)CCC(C)(CCO)OS(=O)(=O)[O-].[NH4+]. The first kappa shape index (κ1) is 33.4. The van der Waals surface area contributed by atoms with Crippen LogP contribution in [0.4, 0.5) is 0 Å². The number of Topliss-reactive ketones (excluding diaryl/α,β-unsaturated/α-hetero) is 1. The van der Waals surface area contributed by atoms with Crippen molar-refractivity contribution in [1.29, 1.82) is 0 Å². The molecule has 1 unspecified atom stereocenters. The van der Waals surface area contributed by atoms with Gasteiger partial charge < -0.3 is 15.8 Å². The summed E-state index contributed by atoms with van der Waals surface area (Å²) in [6.45, 7) is 3.37. The number of hydrogen-bond acceptors (Lipinski definition) is 6. The Kier molecular flexibility index (Phi) is 21.7. The largest absolute Gasteiger partial charge is 0.726 e. The summed E-state index contributed by atoms with van der Waals surface area (Å²) in [7, 11) is -4.87. The zero-order valence-corrected chi connectivity index (χ0v) is 21.6. The predicted octanol–water partition coefficient (Wildman–Crippen LogP) is 6.37. The molecule has 0 spiro atoms. The van der Waals surface area contributed by atoms with Crippen LogP contribution in [0.3, 0.4) is 0 Å². The van der Waals surface area contributed by atoms with Crippen molar-refractivity contribution in [2.45, 2.75) is 129 Å². The number of carbonyl (C=O) groups is 1. The van der Waals surface area contributed by atoms with Gasteiger partial charge in [0.2, 0.25) is 10.4 Å². The lowest BCUT2D eigenvalue weighted by Crippen LogP contribution is -2.33. The lowest BCUT2D eigenvalue weighted by Gasteiger charge is -2.29. The normalized spacial score (nSPS) is 13.8. The molecule has 0 radical (unpaired) electrons. The maximum atomic E-state index is 12.0. The van der Waals surface area contributed by atoms with E-state index in [9.17, 15) is 17.8 Å². The summed E-state index contributed by atoms with van der Waals surface area (Å²) in [4.78, 5) is 12.0. The Morgan fingerprint density at radius 3 is 1.88 bits per heavy atom. The van der Waals surface area contributed by atoms with E-state index in [1.807, 2.05) is 0 Å². The first-order valence-corrected chi connectivity index (χ1v) is 13.5. The number of quaternary nitrogens is 1. The summed E-state index contributed by atoms with van der Waals surface area (Å²) < 4.78 is 37.1. The lowest BCUT2D eigenvalue weighted by molar-refractivity contribution is -0.120. The van der Waals surface area contributed by atoms with Gasteiger partial charge in [0.25, 0.3) is 0 Å². The predicted molar refractivity (Wildman–Crippen MR) is 131 cm³/mol. The van der Waals surface area contributed by atoms with Crippen LogP contribution in [0.1, 0.15) is 123 Å². The van der Waals surface area contributed by atoms with Gasteiger partial charge in [0.1, 0.15) is 5.78 Å². The van der Waals surface area contributed by atoms with Gasteiger partial charge in [-0.15, -0.1) is 0 Å². The van der Waals surface area contributed by atoms with Crippen molar-refractivity contribution in [3.8, 4) is 0 Å². The number of aliphatic hydroxyl groups excluding tert-OH is 1. The van der Waals surface area contributed by atoms with Gasteiger partial charge in [-0.3, -0.25) is 8.98 Å². The fraction of sp³-hybridized carbons (Fsp3) is 0.875. The topological polar surface area (TPSA) is 140 Å². The Bertz CT molecular complexity index is 579. The molecule has 0 heterocycles. The molecule has 192 valence electrons. The van der Waals surface area contributed by atoms with Crippen LogP contribution in [0.25, 0.3) is 0 Å². The highest BCUT2D eigenvalue weighted by Gasteiger charge is 2.28. The van der Waals surface area contributed by atoms with Crippen LogP contribution in [-0.2, 0) is 19.4 Å². The Morgan fingerprint density at radius 2 is 1.38 bits per heavy atom. The van der Waals surface area contributed by atoms with Crippen molar-refractivity contribution in [2.24, 2.45) is 0 Å². The number of aliphatic hydroxyl groups is 1. The van der Waals surface area contributed by atoms with Crippen LogP contribution < -0.4 is 6.15 Å². The van der Waals surface area contributed by atoms with Crippen molar-refractivity contribution in [3.05, 3.63) is 12.2 Å². The monoisotopic (exact) mass is 479 g/mol. The van der Waals surface area contributed by atoms with E-state index in [0.717, 1.165) is 25.7 Å². The van der Waals surface area contributed by atoms with Crippen molar-refractivity contribution in [1.82, 2.24) is 6.15 Å². The highest BCUT2D eigenvalue weighted by atomic mass is 32.3. The lowest BCUT2D eigenvalue weighted by atomic mass is 9.94. The molecule has 0 saturated carbocycles. The molecule has 0 amide bonds. The van der Waals surface area contributed by atoms with Crippen LogP contribution in [0.5, 0.6) is 0 Å². The molecule has 0 fully saturated rings. The molecule has 0 rings (SSSR count). The van der Waals surface area contributed by atoms with E-state index in [4.69, 9.17) is 5.11 Å². The Morgan fingerprint density at radius 1 is 0.875 bits per heavy atom. The average Bonchev–Trinajstić information content (AvgIpc) is 2.68. The third-order valence-electron chi connectivity index (χ3n) is 5.59. The summed E-state index contributed by atoms with van der Waals surface area (Å²) >= 11 is 0. The number of hydrogen-bond donors (Lipinski definition) is 2. The molecule has 0 aliphatic carbocycles. The van der Waals surface area contributed by atoms with Crippen LogP contribution in [0.15, 0.2) is 12.2 Å². The van der Waals surface area contributed by atoms with Crippen molar-refractivity contribution in [3.63, 3.8) is 0 Å². The molecule has 0 aromatic carbocycles. The van der Waals surface area contributed by atoms with Gasteiger partial charge in [-0.2, -0.15) is 0 Å². The molecule has 0 aromatic heterocycles. The van der Waals surface area contributed by atoms with Crippen LogP contribution in [0, 0.1) is 0 Å². The third kappa shape index (κ3) is 22.4. The second kappa shape index (κ2) is 20.8. The van der Waals surface area contributed by atoms with Gasteiger partial charge in [-0.25, -0.2) is 8.42 Å². The van der Waals surface area contributed by atoms with Gasteiger partial charge in [0, 0.05) is 25.9 Å². The highest BCUT2D eigenvalue weighted by Crippen LogP contribution is 2.24. The van der Waals surface area contributed by atoms with Crippen molar-refractivity contribution >= 4 is 16.2 Å². The number of allylic oxidation sites excluding steroid dienone is 2. The van der Waals surface area contributed by atoms with E-state index >= 15 is 0 Å². The first-order valence-electron chi connectivity index (χ1n) is 12.2. The Labute approximate surface area is 196 Å². The first-order chi connectivity index (χ1) is 14.7. The van der Waals surface area contributed by atoms with Gasteiger partial charge in [0.15, 0.2) is 0 Å². The molecule has 0 aliphatic heterocycles. The van der Waals surface area contributed by atoms with Gasteiger partial charge in [-0.1, -0.05) is 70.4 Å². The number of unbranched alkanes of at least 4 members (excludes halogenated alkanes) is 11. The smallest absolute Gasteiger partial charge is 0.218 e. The molecule has 0 bridgehead atoms. The number of carbonyl (C=O) groups excluding carboxylic acids is 1. The zero-order chi connectivity index (χ0) is 23.4. The van der Waals surface area contributed by atoms with Gasteiger partial charge in [-0.05, 0) is 45.4 Å². The van der Waals surface area contributed by atoms with Crippen LogP contribution in [0.2, 0.25) is 0 Å². The van der Waals surface area contributed by atoms with E-state index < -0.39 is 16.0 Å². The molecule has 7 nitrogen and oxygen atoms in total. The molecular formula is C24H49NO6S. The summed E-state index contributed by atoms with van der Waals surface area (Å²) in [6, 6.07) is 0. The number of rotatable bonds is 22. The molecular weight excluding hydrogens is 430 g/mol. The quantitative estimate of drug-likeness (QED) is 0.0800. The summed E-state index contributed by atoms with van der Waals surface area (Å²) in [5.74, 6) is 0.0358. The van der Waals surface area contributed by atoms with Gasteiger partial charge >= 0.3 is 0 Å².